The van der Waals surface area contributed by atoms with Crippen LogP contribution in [0.3, 0.4) is 0 Å². The number of hydrogen-bond acceptors (Lipinski definition) is 4. The van der Waals surface area contributed by atoms with Gasteiger partial charge in [-0.25, -0.2) is 12.7 Å². The van der Waals surface area contributed by atoms with Gasteiger partial charge in [0.1, 0.15) is 4.21 Å². The zero-order valence-corrected chi connectivity index (χ0v) is 14.2. The van der Waals surface area contributed by atoms with Gasteiger partial charge in [0.15, 0.2) is 0 Å². The molecule has 0 fully saturated rings. The molecule has 1 heterocycles. The number of nitrogens with one attached hydrogen (secondary N) is 1. The molecule has 0 radical (unpaired) electrons. The topological polar surface area (TPSA) is 66.5 Å². The molecule has 1 amide bonds. The normalized spacial score (nSPS) is 12.7. The van der Waals surface area contributed by atoms with Gasteiger partial charge in [-0.3, -0.25) is 4.79 Å². The van der Waals surface area contributed by atoms with Crippen molar-refractivity contribution in [2.75, 3.05) is 20.6 Å². The lowest BCUT2D eigenvalue weighted by molar-refractivity contribution is -0.128. The van der Waals surface area contributed by atoms with Crippen molar-refractivity contribution in [2.24, 2.45) is 5.41 Å². The summed E-state index contributed by atoms with van der Waals surface area (Å²) in [6, 6.07) is 3.41. The summed E-state index contributed by atoms with van der Waals surface area (Å²) in [5.41, 5.74) is -0.408. The van der Waals surface area contributed by atoms with E-state index in [2.05, 4.69) is 5.32 Å². The van der Waals surface area contributed by atoms with Crippen molar-refractivity contribution in [1.29, 1.82) is 0 Å². The Morgan fingerprint density at radius 1 is 1.30 bits per heavy atom. The van der Waals surface area contributed by atoms with Crippen LogP contribution < -0.4 is 5.32 Å². The molecule has 7 heteroatoms. The highest BCUT2D eigenvalue weighted by molar-refractivity contribution is 7.91. The molecule has 0 atom stereocenters. The maximum atomic E-state index is 11.9. The Morgan fingerprint density at radius 3 is 2.40 bits per heavy atom. The summed E-state index contributed by atoms with van der Waals surface area (Å²) >= 11 is 1.25. The second-order valence-electron chi connectivity index (χ2n) is 5.76. The Bertz CT molecular complexity index is 569. The van der Waals surface area contributed by atoms with E-state index in [1.54, 1.807) is 12.1 Å². The van der Waals surface area contributed by atoms with Crippen LogP contribution in [0.1, 0.15) is 25.6 Å². The monoisotopic (exact) mass is 318 g/mol. The lowest BCUT2D eigenvalue weighted by Gasteiger charge is -2.17. The predicted molar refractivity (Wildman–Crippen MR) is 81.4 cm³/mol. The molecule has 0 saturated carbocycles. The Kier molecular flexibility index (Phi) is 5.34. The summed E-state index contributed by atoms with van der Waals surface area (Å²) in [4.78, 5) is 12.6. The minimum Gasteiger partial charge on any atom is -0.355 e. The summed E-state index contributed by atoms with van der Waals surface area (Å²) < 4.78 is 25.4. The molecule has 1 aromatic rings. The van der Waals surface area contributed by atoms with Crippen LogP contribution in [0.25, 0.3) is 0 Å². The van der Waals surface area contributed by atoms with Gasteiger partial charge in [-0.15, -0.1) is 11.3 Å². The molecule has 1 N–H and O–H groups in total. The van der Waals surface area contributed by atoms with E-state index in [4.69, 9.17) is 0 Å². The van der Waals surface area contributed by atoms with Crippen LogP contribution in [-0.4, -0.2) is 39.3 Å². The molecule has 1 aromatic heterocycles. The Morgan fingerprint density at radius 2 is 1.90 bits per heavy atom. The molecule has 5 nitrogen and oxygen atoms in total. The van der Waals surface area contributed by atoms with E-state index in [1.807, 2.05) is 20.8 Å². The molecule has 1 rings (SSSR count). The zero-order valence-electron chi connectivity index (χ0n) is 12.6. The Labute approximate surface area is 125 Å². The number of thiophene rings is 1. The average Bonchev–Trinajstić information content (AvgIpc) is 2.76. The molecule has 0 saturated heterocycles. The first-order valence-electron chi connectivity index (χ1n) is 6.34. The minimum absolute atomic E-state index is 0.00445. The van der Waals surface area contributed by atoms with Crippen LogP contribution in [0.2, 0.25) is 0 Å². The Hall–Kier alpha value is -0.920. The number of rotatable bonds is 5. The van der Waals surface area contributed by atoms with Gasteiger partial charge in [-0.1, -0.05) is 20.8 Å². The highest BCUT2D eigenvalue weighted by atomic mass is 32.2. The molecule has 0 aromatic carbocycles. The van der Waals surface area contributed by atoms with Crippen molar-refractivity contribution in [1.82, 2.24) is 9.62 Å². The smallest absolute Gasteiger partial charge is 0.252 e. The third-order valence-electron chi connectivity index (χ3n) is 2.71. The first-order chi connectivity index (χ1) is 9.05. The number of sulfonamides is 1. The lowest BCUT2D eigenvalue weighted by atomic mass is 9.96. The fourth-order valence-corrected chi connectivity index (χ4v) is 3.90. The van der Waals surface area contributed by atoms with Gasteiger partial charge in [0.05, 0.1) is 0 Å². The van der Waals surface area contributed by atoms with Gasteiger partial charge in [-0.2, -0.15) is 0 Å². The minimum atomic E-state index is -3.36. The standard InChI is InChI=1S/C13H22N2O3S2/c1-13(2,3)12(16)14-9-8-10-6-7-11(19-10)20(17,18)15(4)5/h6-7H,8-9H2,1-5H3,(H,14,16). The van der Waals surface area contributed by atoms with Gasteiger partial charge < -0.3 is 5.32 Å². The second kappa shape index (κ2) is 6.24. The molecular weight excluding hydrogens is 296 g/mol. The molecule has 0 aliphatic heterocycles. The highest BCUT2D eigenvalue weighted by Crippen LogP contribution is 2.24. The van der Waals surface area contributed by atoms with E-state index in [0.29, 0.717) is 17.2 Å². The van der Waals surface area contributed by atoms with E-state index in [-0.39, 0.29) is 5.91 Å². The third kappa shape index (κ3) is 4.29. The van der Waals surface area contributed by atoms with E-state index in [1.165, 1.54) is 29.7 Å². The first-order valence-corrected chi connectivity index (χ1v) is 8.60. The quantitative estimate of drug-likeness (QED) is 0.898. The predicted octanol–water partition coefficient (Wildman–Crippen LogP) is 1.70. The van der Waals surface area contributed by atoms with Crippen molar-refractivity contribution in [3.05, 3.63) is 17.0 Å². The van der Waals surface area contributed by atoms with Gasteiger partial charge in [0, 0.05) is 30.9 Å². The fourth-order valence-electron chi connectivity index (χ4n) is 1.38. The van der Waals surface area contributed by atoms with Crippen LogP contribution in [0.5, 0.6) is 0 Å². The SMILES string of the molecule is CN(C)S(=O)(=O)c1ccc(CCNC(=O)C(C)(C)C)s1. The number of carbonyl (C=O) groups excluding carboxylic acids is 1. The van der Waals surface area contributed by atoms with E-state index in [9.17, 15) is 13.2 Å². The molecule has 0 unspecified atom stereocenters. The third-order valence-corrected chi connectivity index (χ3v) is 6.14. The number of hydrogen-bond donors (Lipinski definition) is 1. The van der Waals surface area contributed by atoms with Gasteiger partial charge in [-0.05, 0) is 18.6 Å². The van der Waals surface area contributed by atoms with Gasteiger partial charge in [0.25, 0.3) is 10.0 Å². The zero-order chi connectivity index (χ0) is 15.6. The van der Waals surface area contributed by atoms with Crippen molar-refractivity contribution in [3.63, 3.8) is 0 Å². The largest absolute Gasteiger partial charge is 0.355 e. The van der Waals surface area contributed by atoms with E-state index < -0.39 is 15.4 Å². The van der Waals surface area contributed by atoms with Crippen molar-refractivity contribution in [3.8, 4) is 0 Å². The molecule has 0 bridgehead atoms. The summed E-state index contributed by atoms with van der Waals surface area (Å²) in [5.74, 6) is -0.00445. The lowest BCUT2D eigenvalue weighted by Crippen LogP contribution is -2.35. The number of nitrogens with zero attached hydrogens (tertiary/aromatic N) is 1. The number of amides is 1. The fraction of sp³-hybridized carbons (Fsp3) is 0.615. The maximum absolute atomic E-state index is 11.9. The highest BCUT2D eigenvalue weighted by Gasteiger charge is 2.21. The summed E-state index contributed by atoms with van der Waals surface area (Å²) in [6.07, 6.45) is 0.634. The van der Waals surface area contributed by atoms with Gasteiger partial charge in [0.2, 0.25) is 5.91 Å². The van der Waals surface area contributed by atoms with Crippen molar-refractivity contribution in [2.45, 2.75) is 31.4 Å². The molecule has 0 aliphatic rings. The molecule has 0 spiro atoms. The molecule has 114 valence electrons. The van der Waals surface area contributed by atoms with Crippen LogP contribution >= 0.6 is 11.3 Å². The van der Waals surface area contributed by atoms with Crippen molar-refractivity contribution < 1.29 is 13.2 Å². The summed E-state index contributed by atoms with van der Waals surface area (Å²) in [6.45, 7) is 6.08. The number of carbonyl (C=O) groups is 1. The Balaban J connectivity index is 2.61. The van der Waals surface area contributed by atoms with Crippen LogP contribution in [-0.2, 0) is 21.2 Å². The van der Waals surface area contributed by atoms with Gasteiger partial charge >= 0.3 is 0 Å². The van der Waals surface area contributed by atoms with E-state index >= 15 is 0 Å². The maximum Gasteiger partial charge on any atom is 0.252 e. The summed E-state index contributed by atoms with van der Waals surface area (Å²) in [7, 11) is -0.332. The molecule has 20 heavy (non-hydrogen) atoms. The van der Waals surface area contributed by atoms with Crippen LogP contribution in [0.4, 0.5) is 0 Å². The molecule has 0 aliphatic carbocycles. The average molecular weight is 318 g/mol. The molecular formula is C13H22N2O3S2. The van der Waals surface area contributed by atoms with E-state index in [0.717, 1.165) is 4.88 Å². The second-order valence-corrected chi connectivity index (χ2v) is 9.31. The summed E-state index contributed by atoms with van der Waals surface area (Å²) in [5, 5.41) is 2.85. The van der Waals surface area contributed by atoms with Crippen LogP contribution in [0, 0.1) is 5.41 Å². The first kappa shape index (κ1) is 17.1. The van der Waals surface area contributed by atoms with Crippen LogP contribution in [0.15, 0.2) is 16.3 Å². The van der Waals surface area contributed by atoms with Crippen molar-refractivity contribution >= 4 is 27.3 Å².